The van der Waals surface area contributed by atoms with Crippen molar-refractivity contribution in [3.63, 3.8) is 0 Å². The molecule has 28 heavy (non-hydrogen) atoms. The van der Waals surface area contributed by atoms with E-state index in [0.29, 0.717) is 19.0 Å². The average Bonchev–Trinajstić information content (AvgIpc) is 3.17. The molecule has 2 N–H and O–H groups in total. The zero-order valence-corrected chi connectivity index (χ0v) is 16.9. The molecule has 2 atom stereocenters. The lowest BCUT2D eigenvalue weighted by Gasteiger charge is -2.28. The Hall–Kier alpha value is -2.44. The number of rotatable bonds is 6. The molecule has 1 aliphatic rings. The number of hydrogen-bond donors (Lipinski definition) is 2. The minimum absolute atomic E-state index is 0.0888. The molecule has 146 valence electrons. The Labute approximate surface area is 169 Å². The second kappa shape index (κ2) is 8.71. The first-order chi connectivity index (χ1) is 13.7. The van der Waals surface area contributed by atoms with Gasteiger partial charge in [-0.05, 0) is 31.0 Å². The summed E-state index contributed by atoms with van der Waals surface area (Å²) in [6, 6.07) is 16.1. The number of benzene rings is 2. The number of fused-ring (bicyclic) bond motifs is 1. The van der Waals surface area contributed by atoms with Crippen molar-refractivity contribution in [3.05, 3.63) is 59.1 Å². The number of para-hydroxylation sites is 2. The molecule has 1 unspecified atom stereocenters. The van der Waals surface area contributed by atoms with E-state index >= 15 is 0 Å². The van der Waals surface area contributed by atoms with Crippen molar-refractivity contribution < 1.29 is 14.4 Å². The van der Waals surface area contributed by atoms with Crippen LogP contribution in [0, 0.1) is 0 Å². The fourth-order valence-corrected chi connectivity index (χ4v) is 5.02. The van der Waals surface area contributed by atoms with E-state index in [-0.39, 0.29) is 5.91 Å². The van der Waals surface area contributed by atoms with Crippen molar-refractivity contribution in [3.8, 4) is 5.75 Å². The van der Waals surface area contributed by atoms with Crippen LogP contribution in [0.5, 0.6) is 5.75 Å². The van der Waals surface area contributed by atoms with Crippen molar-refractivity contribution >= 4 is 27.5 Å². The first kappa shape index (κ1) is 18.9. The molecule has 1 aromatic heterocycles. The van der Waals surface area contributed by atoms with Gasteiger partial charge in [0.1, 0.15) is 10.8 Å². The van der Waals surface area contributed by atoms with Gasteiger partial charge >= 0.3 is 0 Å². The van der Waals surface area contributed by atoms with Gasteiger partial charge in [0.2, 0.25) is 0 Å². The molecule has 1 aliphatic heterocycles. The van der Waals surface area contributed by atoms with Gasteiger partial charge in [-0.2, -0.15) is 0 Å². The monoisotopic (exact) mass is 396 g/mol. The number of amides is 1. The first-order valence-electron chi connectivity index (χ1n) is 9.80. The maximum atomic E-state index is 12.5. The summed E-state index contributed by atoms with van der Waals surface area (Å²) in [4.78, 5) is 18.7. The topological polar surface area (TPSA) is 55.7 Å². The Morgan fingerprint density at radius 2 is 2.07 bits per heavy atom. The van der Waals surface area contributed by atoms with Crippen LogP contribution in [0.3, 0.4) is 0 Å². The van der Waals surface area contributed by atoms with Crippen LogP contribution in [0.4, 0.5) is 0 Å². The summed E-state index contributed by atoms with van der Waals surface area (Å²) in [5, 5.41) is 4.26. The van der Waals surface area contributed by atoms with Crippen molar-refractivity contribution in [2.45, 2.75) is 25.3 Å². The predicted molar refractivity (Wildman–Crippen MR) is 112 cm³/mol. The number of carbonyl (C=O) groups excluding carboxylic acids is 1. The fraction of sp³-hybridized carbons (Fsp3) is 0.364. The van der Waals surface area contributed by atoms with Gasteiger partial charge < -0.3 is 15.0 Å². The zero-order valence-electron chi connectivity index (χ0n) is 16.1. The Morgan fingerprint density at radius 1 is 1.25 bits per heavy atom. The molecule has 1 amide bonds. The highest BCUT2D eigenvalue weighted by molar-refractivity contribution is 7.18. The molecule has 1 saturated heterocycles. The number of methoxy groups -OCH3 is 1. The Kier molecular flexibility index (Phi) is 5.88. The van der Waals surface area contributed by atoms with Gasteiger partial charge in [0.25, 0.3) is 5.91 Å². The van der Waals surface area contributed by atoms with Crippen molar-refractivity contribution in [1.29, 1.82) is 0 Å². The molecule has 0 spiro atoms. The van der Waals surface area contributed by atoms with E-state index in [1.807, 2.05) is 30.3 Å². The van der Waals surface area contributed by atoms with Crippen LogP contribution in [0.2, 0.25) is 0 Å². The molecule has 5 nitrogen and oxygen atoms in total. The molecule has 6 heteroatoms. The van der Waals surface area contributed by atoms with Gasteiger partial charge in [0.05, 0.1) is 36.3 Å². The summed E-state index contributed by atoms with van der Waals surface area (Å²) in [5.74, 6) is 1.35. The first-order valence-corrected chi connectivity index (χ1v) is 10.6. The van der Waals surface area contributed by atoms with E-state index < -0.39 is 0 Å². The number of nitrogens with one attached hydrogen (secondary N) is 2. The zero-order chi connectivity index (χ0) is 19.3. The smallest absolute Gasteiger partial charge is 0.275 e. The number of quaternary nitrogens is 1. The second-order valence-electron chi connectivity index (χ2n) is 7.33. The van der Waals surface area contributed by atoms with Crippen LogP contribution in [-0.2, 0) is 11.3 Å². The molecule has 0 radical (unpaired) electrons. The van der Waals surface area contributed by atoms with E-state index in [1.165, 1.54) is 14.6 Å². The van der Waals surface area contributed by atoms with Gasteiger partial charge in [-0.1, -0.05) is 30.3 Å². The molecule has 0 bridgehead atoms. The van der Waals surface area contributed by atoms with Crippen LogP contribution in [-0.4, -0.2) is 37.6 Å². The molecule has 1 fully saturated rings. The van der Waals surface area contributed by atoms with Crippen LogP contribution < -0.4 is 15.0 Å². The Balaban J connectivity index is 1.33. The lowest BCUT2D eigenvalue weighted by molar-refractivity contribution is -0.898. The minimum Gasteiger partial charge on any atom is -0.496 e. The maximum absolute atomic E-state index is 12.5. The van der Waals surface area contributed by atoms with Crippen LogP contribution in [0.25, 0.3) is 10.2 Å². The van der Waals surface area contributed by atoms with E-state index in [0.717, 1.165) is 42.8 Å². The van der Waals surface area contributed by atoms with Crippen molar-refractivity contribution in [2.24, 2.45) is 0 Å². The van der Waals surface area contributed by atoms with E-state index in [4.69, 9.17) is 9.72 Å². The Bertz CT molecular complexity index is 923. The predicted octanol–water partition coefficient (Wildman–Crippen LogP) is 2.38. The van der Waals surface area contributed by atoms with Crippen LogP contribution in [0.15, 0.2) is 48.5 Å². The normalized spacial score (nSPS) is 19.5. The number of nitrogens with zero attached hydrogens (tertiary/aromatic N) is 1. The summed E-state index contributed by atoms with van der Waals surface area (Å²) >= 11 is 1.80. The summed E-state index contributed by atoms with van der Waals surface area (Å²) in [7, 11) is 1.65. The molecule has 4 rings (SSSR count). The fourth-order valence-electron chi connectivity index (χ4n) is 3.92. The largest absolute Gasteiger partial charge is 0.496 e. The lowest BCUT2D eigenvalue weighted by atomic mass is 9.99. The van der Waals surface area contributed by atoms with Gasteiger partial charge in [-0.15, -0.1) is 11.3 Å². The number of carbonyl (C=O) groups is 1. The molecule has 2 heterocycles. The summed E-state index contributed by atoms with van der Waals surface area (Å²) < 4.78 is 6.60. The summed E-state index contributed by atoms with van der Waals surface area (Å²) in [6.45, 7) is 3.03. The van der Waals surface area contributed by atoms with E-state index in [2.05, 4.69) is 23.5 Å². The standard InChI is InChI=1S/C22H25N3O2S/c1-27-19-10-4-2-7-16(19)13-23-21(26)15-25-12-6-8-17(14-25)22-24-18-9-3-5-11-20(18)28-22/h2-5,7,9-11,17H,6,8,12-15H2,1H3,(H,23,26)/p+1/t17-/m0/s1. The van der Waals surface area contributed by atoms with Gasteiger partial charge in [0, 0.05) is 12.1 Å². The summed E-state index contributed by atoms with van der Waals surface area (Å²) in [5.41, 5.74) is 2.09. The highest BCUT2D eigenvalue weighted by atomic mass is 32.1. The number of ether oxygens (including phenoxy) is 1. The third kappa shape index (κ3) is 4.34. The van der Waals surface area contributed by atoms with Crippen molar-refractivity contribution in [2.75, 3.05) is 26.7 Å². The Morgan fingerprint density at radius 3 is 2.93 bits per heavy atom. The number of aromatic nitrogens is 1. The van der Waals surface area contributed by atoms with Gasteiger partial charge in [-0.25, -0.2) is 4.98 Å². The van der Waals surface area contributed by atoms with E-state index in [9.17, 15) is 4.79 Å². The number of hydrogen-bond acceptors (Lipinski definition) is 4. The van der Waals surface area contributed by atoms with E-state index in [1.54, 1.807) is 18.4 Å². The average molecular weight is 397 g/mol. The molecule has 2 aromatic carbocycles. The molecular formula is C22H26N3O2S+. The van der Waals surface area contributed by atoms with Gasteiger partial charge in [0.15, 0.2) is 6.54 Å². The van der Waals surface area contributed by atoms with Crippen molar-refractivity contribution in [1.82, 2.24) is 10.3 Å². The number of thiazole rings is 1. The minimum atomic E-state index is 0.0888. The third-order valence-electron chi connectivity index (χ3n) is 5.36. The highest BCUT2D eigenvalue weighted by Gasteiger charge is 2.28. The quantitative estimate of drug-likeness (QED) is 0.673. The lowest BCUT2D eigenvalue weighted by Crippen LogP contribution is -3.14. The molecule has 0 aliphatic carbocycles. The molecule has 3 aromatic rings. The molecule has 0 saturated carbocycles. The van der Waals surface area contributed by atoms with Crippen LogP contribution in [0.1, 0.15) is 29.3 Å². The summed E-state index contributed by atoms with van der Waals surface area (Å²) in [6.07, 6.45) is 2.29. The third-order valence-corrected chi connectivity index (χ3v) is 6.56. The number of likely N-dealkylation sites (tertiary alicyclic amines) is 1. The second-order valence-corrected chi connectivity index (χ2v) is 8.39. The van der Waals surface area contributed by atoms with Gasteiger partial charge in [-0.3, -0.25) is 4.79 Å². The number of piperidine rings is 1. The van der Waals surface area contributed by atoms with Crippen LogP contribution >= 0.6 is 11.3 Å². The SMILES string of the molecule is COc1ccccc1CNC(=O)C[NH+]1CCC[C@H](c2nc3ccccc3s2)C1. The maximum Gasteiger partial charge on any atom is 0.275 e. The highest BCUT2D eigenvalue weighted by Crippen LogP contribution is 2.30. The molecular weight excluding hydrogens is 370 g/mol.